The summed E-state index contributed by atoms with van der Waals surface area (Å²) in [6, 6.07) is 5.96. The van der Waals surface area contributed by atoms with E-state index in [4.69, 9.17) is 0 Å². The second-order valence-electron chi connectivity index (χ2n) is 11.1. The highest BCUT2D eigenvalue weighted by molar-refractivity contribution is 5.81. The summed E-state index contributed by atoms with van der Waals surface area (Å²) in [5.74, 6) is 2.92. The van der Waals surface area contributed by atoms with Gasteiger partial charge in [-0.05, 0) is 49.1 Å². The second kappa shape index (κ2) is 10.7. The van der Waals surface area contributed by atoms with Crippen LogP contribution < -0.4 is 10.2 Å². The number of aromatic nitrogens is 1. The summed E-state index contributed by atoms with van der Waals surface area (Å²) in [5.41, 5.74) is 0.915. The van der Waals surface area contributed by atoms with Crippen LogP contribution in [0.5, 0.6) is 0 Å². The fourth-order valence-electron chi connectivity index (χ4n) is 5.05. The Balaban J connectivity index is 1.57. The smallest absolute Gasteiger partial charge is 0.225 e. The summed E-state index contributed by atoms with van der Waals surface area (Å²) >= 11 is 0. The Morgan fingerprint density at radius 3 is 2.42 bits per heavy atom. The van der Waals surface area contributed by atoms with E-state index in [0.29, 0.717) is 30.7 Å². The molecule has 6 nitrogen and oxygen atoms in total. The number of hydrogen-bond donors (Lipinski definition) is 1. The molecule has 2 aliphatic rings. The van der Waals surface area contributed by atoms with Crippen molar-refractivity contribution < 1.29 is 9.59 Å². The van der Waals surface area contributed by atoms with Gasteiger partial charge >= 0.3 is 0 Å². The summed E-state index contributed by atoms with van der Waals surface area (Å²) in [7, 11) is 0. The third-order valence-electron chi connectivity index (χ3n) is 7.29. The fourth-order valence-corrected chi connectivity index (χ4v) is 5.05. The number of anilines is 1. The molecule has 0 spiro atoms. The van der Waals surface area contributed by atoms with Crippen LogP contribution in [-0.2, 0) is 9.59 Å². The zero-order valence-corrected chi connectivity index (χ0v) is 21.3. The normalized spacial score (nSPS) is 24.0. The van der Waals surface area contributed by atoms with E-state index < -0.39 is 0 Å². The molecule has 0 radical (unpaired) electrons. The maximum absolute atomic E-state index is 13.1. The van der Waals surface area contributed by atoms with Crippen molar-refractivity contribution in [3.8, 4) is 0 Å². The molecule has 3 atom stereocenters. The van der Waals surface area contributed by atoms with E-state index in [0.717, 1.165) is 38.4 Å². The van der Waals surface area contributed by atoms with Gasteiger partial charge in [-0.3, -0.25) is 9.59 Å². The molecule has 1 N–H and O–H groups in total. The predicted molar refractivity (Wildman–Crippen MR) is 134 cm³/mol. The minimum Gasteiger partial charge on any atom is -0.355 e. The second-order valence-corrected chi connectivity index (χ2v) is 11.1. The largest absolute Gasteiger partial charge is 0.355 e. The summed E-state index contributed by atoms with van der Waals surface area (Å²) in [6.45, 7) is 16.3. The molecular weight excluding hydrogens is 412 g/mol. The fraction of sp³-hybridized carbons (Fsp3) is 0.667. The molecule has 1 aliphatic heterocycles. The number of amides is 2. The number of carbonyl (C=O) groups is 2. The Morgan fingerprint density at radius 2 is 1.85 bits per heavy atom. The van der Waals surface area contributed by atoms with E-state index in [9.17, 15) is 9.59 Å². The number of hydrogen-bond acceptors (Lipinski definition) is 4. The van der Waals surface area contributed by atoms with E-state index in [2.05, 4.69) is 42.0 Å². The van der Waals surface area contributed by atoms with Gasteiger partial charge in [0.2, 0.25) is 11.8 Å². The van der Waals surface area contributed by atoms with Gasteiger partial charge < -0.3 is 15.1 Å². The number of rotatable bonds is 6. The molecule has 2 heterocycles. The van der Waals surface area contributed by atoms with Gasteiger partial charge in [-0.15, -0.1) is 0 Å². The van der Waals surface area contributed by atoms with E-state index in [1.54, 1.807) is 0 Å². The Morgan fingerprint density at radius 1 is 1.15 bits per heavy atom. The zero-order chi connectivity index (χ0) is 24.2. The van der Waals surface area contributed by atoms with Gasteiger partial charge in [-0.1, -0.05) is 52.3 Å². The van der Waals surface area contributed by atoms with E-state index in [-0.39, 0.29) is 23.1 Å². The molecule has 1 aromatic heterocycles. The van der Waals surface area contributed by atoms with Crippen LogP contribution in [-0.4, -0.2) is 54.4 Å². The molecule has 33 heavy (non-hydrogen) atoms. The molecule has 182 valence electrons. The number of allylic oxidation sites excluding steroid dienone is 1. The van der Waals surface area contributed by atoms with E-state index in [1.165, 1.54) is 5.57 Å². The summed E-state index contributed by atoms with van der Waals surface area (Å²) in [6.07, 6.45) is 5.73. The maximum atomic E-state index is 13.1. The minimum atomic E-state index is -0.379. The van der Waals surface area contributed by atoms with Gasteiger partial charge in [0, 0.05) is 50.8 Å². The van der Waals surface area contributed by atoms with Crippen LogP contribution in [0.1, 0.15) is 54.4 Å². The highest BCUT2D eigenvalue weighted by atomic mass is 16.2. The van der Waals surface area contributed by atoms with Gasteiger partial charge in [-0.2, -0.15) is 0 Å². The van der Waals surface area contributed by atoms with Crippen molar-refractivity contribution in [2.75, 3.05) is 37.6 Å². The van der Waals surface area contributed by atoms with Crippen molar-refractivity contribution >= 4 is 17.6 Å². The van der Waals surface area contributed by atoms with Crippen molar-refractivity contribution in [3.63, 3.8) is 0 Å². The van der Waals surface area contributed by atoms with Crippen LogP contribution in [0, 0.1) is 29.1 Å². The predicted octanol–water partition coefficient (Wildman–Crippen LogP) is 4.14. The SMILES string of the molecule is CC1=CC(CNC(=O)C(C)(C)C)C(C(C)C)CC1CC(=O)N1CCN(c2ccccn2)CC1. The van der Waals surface area contributed by atoms with Gasteiger partial charge in [0.1, 0.15) is 5.82 Å². The van der Waals surface area contributed by atoms with Crippen LogP contribution in [0.4, 0.5) is 5.82 Å². The lowest BCUT2D eigenvalue weighted by atomic mass is 9.69. The van der Waals surface area contributed by atoms with Gasteiger partial charge in [-0.25, -0.2) is 4.98 Å². The molecule has 1 aromatic rings. The van der Waals surface area contributed by atoms with Crippen LogP contribution in [0.25, 0.3) is 0 Å². The Bertz CT molecular complexity index is 835. The Hall–Kier alpha value is -2.37. The lowest BCUT2D eigenvalue weighted by Crippen LogP contribution is -2.49. The molecule has 3 unspecified atom stereocenters. The third kappa shape index (κ3) is 6.58. The monoisotopic (exact) mass is 454 g/mol. The Kier molecular flexibility index (Phi) is 8.19. The molecule has 1 fully saturated rings. The molecule has 1 saturated heterocycles. The molecule has 0 bridgehead atoms. The van der Waals surface area contributed by atoms with Crippen LogP contribution >= 0.6 is 0 Å². The quantitative estimate of drug-likeness (QED) is 0.656. The first-order valence-corrected chi connectivity index (χ1v) is 12.5. The maximum Gasteiger partial charge on any atom is 0.225 e. The number of nitrogens with zero attached hydrogens (tertiary/aromatic N) is 3. The molecule has 2 amide bonds. The Labute approximate surface area is 199 Å². The molecule has 1 aliphatic carbocycles. The van der Waals surface area contributed by atoms with Gasteiger partial charge in [0.05, 0.1) is 0 Å². The van der Waals surface area contributed by atoms with Crippen LogP contribution in [0.2, 0.25) is 0 Å². The summed E-state index contributed by atoms with van der Waals surface area (Å²) in [5, 5.41) is 3.15. The first-order chi connectivity index (χ1) is 15.6. The first-order valence-electron chi connectivity index (χ1n) is 12.5. The van der Waals surface area contributed by atoms with E-state index >= 15 is 0 Å². The van der Waals surface area contributed by atoms with E-state index in [1.807, 2.05) is 50.1 Å². The molecule has 0 saturated carbocycles. The van der Waals surface area contributed by atoms with Crippen molar-refractivity contribution in [2.24, 2.45) is 29.1 Å². The summed E-state index contributed by atoms with van der Waals surface area (Å²) < 4.78 is 0. The van der Waals surface area contributed by atoms with Gasteiger partial charge in [0.25, 0.3) is 0 Å². The summed E-state index contributed by atoms with van der Waals surface area (Å²) in [4.78, 5) is 34.2. The van der Waals surface area contributed by atoms with Crippen molar-refractivity contribution in [1.82, 2.24) is 15.2 Å². The third-order valence-corrected chi connectivity index (χ3v) is 7.29. The van der Waals surface area contributed by atoms with Crippen LogP contribution in [0.15, 0.2) is 36.0 Å². The average Bonchev–Trinajstić information content (AvgIpc) is 2.78. The lowest BCUT2D eigenvalue weighted by molar-refractivity contribution is -0.132. The lowest BCUT2D eigenvalue weighted by Gasteiger charge is -2.39. The molecular formula is C27H42N4O2. The first kappa shape index (κ1) is 25.3. The molecule has 0 aromatic carbocycles. The van der Waals surface area contributed by atoms with Gasteiger partial charge in [0.15, 0.2) is 0 Å². The highest BCUT2D eigenvalue weighted by Gasteiger charge is 2.34. The number of piperazine rings is 1. The topological polar surface area (TPSA) is 65.5 Å². The number of nitrogens with one attached hydrogen (secondary N) is 1. The molecule has 6 heteroatoms. The van der Waals surface area contributed by atoms with Crippen LogP contribution in [0.3, 0.4) is 0 Å². The minimum absolute atomic E-state index is 0.0956. The van der Waals surface area contributed by atoms with Crippen molar-refractivity contribution in [1.29, 1.82) is 0 Å². The number of pyridine rings is 1. The molecule has 3 rings (SSSR count). The van der Waals surface area contributed by atoms with Crippen molar-refractivity contribution in [3.05, 3.63) is 36.0 Å². The average molecular weight is 455 g/mol. The van der Waals surface area contributed by atoms with Crippen molar-refractivity contribution in [2.45, 2.75) is 54.4 Å². The number of carbonyl (C=O) groups excluding carboxylic acids is 2. The highest BCUT2D eigenvalue weighted by Crippen LogP contribution is 2.39. The zero-order valence-electron chi connectivity index (χ0n) is 21.3. The standard InChI is InChI=1S/C27H42N4O2/c1-19(2)23-16-21(20(3)15-22(23)18-29-26(33)27(4,5)6)17-25(32)31-13-11-30(12-14-31)24-9-7-8-10-28-24/h7-10,15,19,21-23H,11-14,16-18H2,1-6H3,(H,29,33).